The van der Waals surface area contributed by atoms with Crippen LogP contribution in [0.3, 0.4) is 0 Å². The van der Waals surface area contributed by atoms with Crippen LogP contribution < -0.4 is 11.0 Å². The van der Waals surface area contributed by atoms with E-state index in [0.29, 0.717) is 21.9 Å². The summed E-state index contributed by atoms with van der Waals surface area (Å²) in [4.78, 5) is 16.6. The lowest BCUT2D eigenvalue weighted by Crippen LogP contribution is -2.30. The van der Waals surface area contributed by atoms with Gasteiger partial charge >= 0.3 is 5.56 Å². The molecule has 1 aromatic carbocycles. The maximum Gasteiger partial charge on any atom is 0.300 e. The molecule has 0 fully saturated rings. The maximum absolute atomic E-state index is 12.2. The summed E-state index contributed by atoms with van der Waals surface area (Å²) >= 11 is 5.92. The van der Waals surface area contributed by atoms with Crippen molar-refractivity contribution >= 4 is 33.5 Å². The van der Waals surface area contributed by atoms with Crippen LogP contribution >= 0.6 is 11.6 Å². The maximum atomic E-state index is 12.2. The van der Waals surface area contributed by atoms with E-state index in [-0.39, 0.29) is 11.1 Å². The first-order valence-corrected chi connectivity index (χ1v) is 6.02. The Morgan fingerprint density at radius 3 is 2.79 bits per heavy atom. The van der Waals surface area contributed by atoms with Crippen LogP contribution in [0.15, 0.2) is 23.0 Å². The van der Waals surface area contributed by atoms with Crippen LogP contribution in [-0.2, 0) is 0 Å². The predicted octanol–water partition coefficient (Wildman–Crippen LogP) is 1.47. The number of halogens is 1. The van der Waals surface area contributed by atoms with Gasteiger partial charge in [-0.2, -0.15) is 0 Å². The molecule has 0 bridgehead atoms. The predicted molar refractivity (Wildman–Crippen MR) is 74.1 cm³/mol. The average molecular weight is 276 g/mol. The van der Waals surface area contributed by atoms with Gasteiger partial charge < -0.3 is 5.43 Å². The summed E-state index contributed by atoms with van der Waals surface area (Å²) < 4.78 is 1.33. The molecule has 19 heavy (non-hydrogen) atoms. The summed E-state index contributed by atoms with van der Waals surface area (Å²) in [7, 11) is 1.65. The fraction of sp³-hybridized carbons (Fsp3) is 0.167. The second kappa shape index (κ2) is 4.17. The van der Waals surface area contributed by atoms with Gasteiger partial charge in [0.25, 0.3) is 0 Å². The largest absolute Gasteiger partial charge is 0.325 e. The van der Waals surface area contributed by atoms with Crippen molar-refractivity contribution in [2.24, 2.45) is 0 Å². The zero-order valence-corrected chi connectivity index (χ0v) is 11.1. The van der Waals surface area contributed by atoms with Crippen molar-refractivity contribution in [3.63, 3.8) is 0 Å². The Balaban J connectivity index is 2.54. The summed E-state index contributed by atoms with van der Waals surface area (Å²) in [5.41, 5.74) is 3.88. The van der Waals surface area contributed by atoms with Gasteiger partial charge in [0.15, 0.2) is 5.52 Å². The topological polar surface area (TPSA) is 72.7 Å². The number of aromatic nitrogens is 4. The Morgan fingerprint density at radius 2 is 2.05 bits per heavy atom. The van der Waals surface area contributed by atoms with Gasteiger partial charge in [0, 0.05) is 17.5 Å². The molecular formula is C12H10ClN5O. The third kappa shape index (κ3) is 1.72. The van der Waals surface area contributed by atoms with E-state index < -0.39 is 0 Å². The standard InChI is InChI=1S/C12H10ClN5O/c1-6-15-10-8-4-3-7(13)5-9(8)16-17-11(10)12(19)18(6)14-2/h3-5,14H,1-2H3. The van der Waals surface area contributed by atoms with Gasteiger partial charge in [-0.15, -0.1) is 10.2 Å². The lowest BCUT2D eigenvalue weighted by atomic mass is 10.2. The minimum atomic E-state index is -0.269. The molecule has 0 amide bonds. The number of hydrogen-bond acceptors (Lipinski definition) is 5. The van der Waals surface area contributed by atoms with Crippen LogP contribution in [0.2, 0.25) is 5.02 Å². The van der Waals surface area contributed by atoms with Gasteiger partial charge in [-0.3, -0.25) is 4.79 Å². The minimum Gasteiger partial charge on any atom is -0.325 e. The molecule has 3 rings (SSSR count). The van der Waals surface area contributed by atoms with Crippen LogP contribution in [-0.4, -0.2) is 26.9 Å². The molecule has 1 N–H and O–H groups in total. The molecule has 0 atom stereocenters. The molecule has 0 aliphatic rings. The first kappa shape index (κ1) is 11.9. The van der Waals surface area contributed by atoms with Crippen LogP contribution in [0.5, 0.6) is 0 Å². The zero-order valence-electron chi connectivity index (χ0n) is 10.3. The van der Waals surface area contributed by atoms with E-state index >= 15 is 0 Å². The number of aryl methyl sites for hydroxylation is 1. The van der Waals surface area contributed by atoms with Gasteiger partial charge in [0.05, 0.1) is 5.52 Å². The molecule has 0 aliphatic heterocycles. The van der Waals surface area contributed by atoms with E-state index in [1.54, 1.807) is 32.2 Å². The Hall–Kier alpha value is -2.21. The number of nitrogens with zero attached hydrogens (tertiary/aromatic N) is 4. The first-order valence-electron chi connectivity index (χ1n) is 5.65. The van der Waals surface area contributed by atoms with Crippen LogP contribution in [0.4, 0.5) is 0 Å². The number of fused-ring (bicyclic) bond motifs is 3. The quantitative estimate of drug-likeness (QED) is 0.681. The minimum absolute atomic E-state index is 0.231. The molecule has 0 saturated carbocycles. The zero-order chi connectivity index (χ0) is 13.6. The Morgan fingerprint density at radius 1 is 1.26 bits per heavy atom. The molecule has 2 heterocycles. The summed E-state index contributed by atoms with van der Waals surface area (Å²) in [6.07, 6.45) is 0. The summed E-state index contributed by atoms with van der Waals surface area (Å²) in [5, 5.41) is 9.31. The molecule has 96 valence electrons. The number of benzene rings is 1. The molecule has 7 heteroatoms. The number of nitrogens with one attached hydrogen (secondary N) is 1. The fourth-order valence-electron chi connectivity index (χ4n) is 2.05. The van der Waals surface area contributed by atoms with Gasteiger partial charge in [-0.05, 0) is 25.1 Å². The molecule has 6 nitrogen and oxygen atoms in total. The van der Waals surface area contributed by atoms with Crippen molar-refractivity contribution in [2.75, 3.05) is 12.5 Å². The Labute approximate surface area is 113 Å². The third-order valence-electron chi connectivity index (χ3n) is 2.92. The van der Waals surface area contributed by atoms with Gasteiger partial charge in [-0.1, -0.05) is 11.6 Å². The highest BCUT2D eigenvalue weighted by Gasteiger charge is 2.12. The molecule has 0 aliphatic carbocycles. The third-order valence-corrected chi connectivity index (χ3v) is 3.16. The summed E-state index contributed by atoms with van der Waals surface area (Å²) in [5.74, 6) is 0.559. The van der Waals surface area contributed by atoms with Crippen molar-refractivity contribution in [1.82, 2.24) is 19.9 Å². The van der Waals surface area contributed by atoms with Crippen LogP contribution in [0.1, 0.15) is 5.82 Å². The number of rotatable bonds is 1. The lowest BCUT2D eigenvalue weighted by molar-refractivity contribution is 0.800. The van der Waals surface area contributed by atoms with E-state index in [1.165, 1.54) is 4.68 Å². The van der Waals surface area contributed by atoms with Crippen molar-refractivity contribution in [3.05, 3.63) is 39.4 Å². The van der Waals surface area contributed by atoms with E-state index in [2.05, 4.69) is 20.6 Å². The van der Waals surface area contributed by atoms with E-state index in [1.807, 2.05) is 0 Å². The van der Waals surface area contributed by atoms with E-state index in [9.17, 15) is 4.79 Å². The highest BCUT2D eigenvalue weighted by atomic mass is 35.5. The smallest absolute Gasteiger partial charge is 0.300 e. The van der Waals surface area contributed by atoms with E-state index in [0.717, 1.165) is 5.39 Å². The normalized spacial score (nSPS) is 11.1. The van der Waals surface area contributed by atoms with Crippen LogP contribution in [0, 0.1) is 6.92 Å². The monoisotopic (exact) mass is 275 g/mol. The van der Waals surface area contributed by atoms with Crippen molar-refractivity contribution in [2.45, 2.75) is 6.92 Å². The van der Waals surface area contributed by atoms with Gasteiger partial charge in [0.2, 0.25) is 0 Å². The molecule has 3 aromatic rings. The second-order valence-electron chi connectivity index (χ2n) is 4.08. The van der Waals surface area contributed by atoms with Crippen molar-refractivity contribution < 1.29 is 0 Å². The van der Waals surface area contributed by atoms with Gasteiger partial charge in [-0.25, -0.2) is 9.66 Å². The highest BCUT2D eigenvalue weighted by Crippen LogP contribution is 2.21. The summed E-state index contributed by atoms with van der Waals surface area (Å²) in [6, 6.07) is 5.24. The number of hydrogen-bond donors (Lipinski definition) is 1. The van der Waals surface area contributed by atoms with E-state index in [4.69, 9.17) is 11.6 Å². The molecule has 0 saturated heterocycles. The molecule has 0 unspecified atom stereocenters. The van der Waals surface area contributed by atoms with Crippen LogP contribution in [0.25, 0.3) is 21.9 Å². The highest BCUT2D eigenvalue weighted by molar-refractivity contribution is 6.31. The molecule has 0 spiro atoms. The van der Waals surface area contributed by atoms with Crippen molar-refractivity contribution in [1.29, 1.82) is 0 Å². The first-order chi connectivity index (χ1) is 9.11. The molecule has 2 aromatic heterocycles. The average Bonchev–Trinajstić information content (AvgIpc) is 2.38. The summed E-state index contributed by atoms with van der Waals surface area (Å²) in [6.45, 7) is 1.75. The fourth-order valence-corrected chi connectivity index (χ4v) is 2.22. The Bertz CT molecular complexity index is 858. The van der Waals surface area contributed by atoms with Gasteiger partial charge in [0.1, 0.15) is 11.3 Å². The molecule has 0 radical (unpaired) electrons. The molecular weight excluding hydrogens is 266 g/mol. The SMILES string of the molecule is CNn1c(C)nc2c(nnc3cc(Cl)ccc32)c1=O. The lowest BCUT2D eigenvalue weighted by Gasteiger charge is -2.09. The van der Waals surface area contributed by atoms with Crippen molar-refractivity contribution in [3.8, 4) is 0 Å². The second-order valence-corrected chi connectivity index (χ2v) is 4.52. The Kier molecular flexibility index (Phi) is 2.60.